The molecular formula is C13H24N2O4. The first-order valence-electron chi connectivity index (χ1n) is 6.49. The van der Waals surface area contributed by atoms with Crippen LogP contribution in [0.25, 0.3) is 0 Å². The summed E-state index contributed by atoms with van der Waals surface area (Å²) >= 11 is 0. The summed E-state index contributed by atoms with van der Waals surface area (Å²) in [7, 11) is 0. The van der Waals surface area contributed by atoms with Gasteiger partial charge >= 0.3 is 5.97 Å². The van der Waals surface area contributed by atoms with Crippen LogP contribution >= 0.6 is 0 Å². The van der Waals surface area contributed by atoms with Gasteiger partial charge in [-0.15, -0.1) is 0 Å². The van der Waals surface area contributed by atoms with E-state index in [1.165, 1.54) is 0 Å². The van der Waals surface area contributed by atoms with Gasteiger partial charge in [0.15, 0.2) is 0 Å². The topological polar surface area (TPSA) is 95.5 Å². The molecule has 0 aliphatic carbocycles. The second-order valence-corrected chi connectivity index (χ2v) is 5.53. The molecule has 0 rings (SSSR count). The summed E-state index contributed by atoms with van der Waals surface area (Å²) in [5.74, 6) is -1.78. The molecule has 3 N–H and O–H groups in total. The number of hydrogen-bond acceptors (Lipinski definition) is 3. The van der Waals surface area contributed by atoms with Crippen LogP contribution in [0.4, 0.5) is 0 Å². The molecular weight excluding hydrogens is 248 g/mol. The largest absolute Gasteiger partial charge is 0.480 e. The van der Waals surface area contributed by atoms with Crippen molar-refractivity contribution in [1.29, 1.82) is 0 Å². The Morgan fingerprint density at radius 2 is 1.79 bits per heavy atom. The van der Waals surface area contributed by atoms with E-state index in [0.29, 0.717) is 6.42 Å². The van der Waals surface area contributed by atoms with Crippen LogP contribution < -0.4 is 10.6 Å². The number of aliphatic carboxylic acids is 1. The predicted octanol–water partition coefficient (Wildman–Crippen LogP) is 0.908. The summed E-state index contributed by atoms with van der Waals surface area (Å²) in [5, 5.41) is 13.8. The van der Waals surface area contributed by atoms with Crippen molar-refractivity contribution in [3.05, 3.63) is 0 Å². The minimum atomic E-state index is -1.05. The maximum atomic E-state index is 11.6. The molecule has 0 heterocycles. The third-order valence-corrected chi connectivity index (χ3v) is 2.57. The molecule has 0 fully saturated rings. The van der Waals surface area contributed by atoms with Gasteiger partial charge in [-0.3, -0.25) is 9.59 Å². The molecule has 0 aromatic rings. The van der Waals surface area contributed by atoms with Gasteiger partial charge in [-0.25, -0.2) is 4.79 Å². The van der Waals surface area contributed by atoms with Crippen LogP contribution in [0.2, 0.25) is 0 Å². The maximum absolute atomic E-state index is 11.6. The average Bonchev–Trinajstić information content (AvgIpc) is 2.29. The van der Waals surface area contributed by atoms with Gasteiger partial charge in [-0.1, -0.05) is 40.5 Å². The van der Waals surface area contributed by atoms with Gasteiger partial charge in [0.05, 0.1) is 6.54 Å². The number of amides is 2. The lowest BCUT2D eigenvalue weighted by molar-refractivity contribution is -0.142. The van der Waals surface area contributed by atoms with E-state index in [1.807, 2.05) is 6.92 Å². The summed E-state index contributed by atoms with van der Waals surface area (Å²) in [6.45, 7) is 6.96. The third-order valence-electron chi connectivity index (χ3n) is 2.57. The van der Waals surface area contributed by atoms with E-state index in [4.69, 9.17) is 5.11 Å². The Bertz CT molecular complexity index is 334. The number of carbonyl (C=O) groups excluding carboxylic acids is 2. The van der Waals surface area contributed by atoms with Gasteiger partial charge in [0.25, 0.3) is 0 Å². The molecule has 0 aliphatic heterocycles. The van der Waals surface area contributed by atoms with Crippen molar-refractivity contribution in [2.24, 2.45) is 5.41 Å². The van der Waals surface area contributed by atoms with Gasteiger partial charge in [-0.05, 0) is 6.42 Å². The van der Waals surface area contributed by atoms with E-state index < -0.39 is 23.3 Å². The molecule has 1 unspecified atom stereocenters. The molecule has 0 saturated heterocycles. The highest BCUT2D eigenvalue weighted by molar-refractivity contribution is 5.89. The van der Waals surface area contributed by atoms with Crippen LogP contribution in [0.3, 0.4) is 0 Å². The van der Waals surface area contributed by atoms with Crippen LogP contribution in [0, 0.1) is 5.41 Å². The molecule has 2 amide bonds. The Hall–Kier alpha value is -1.59. The number of hydrogen-bond donors (Lipinski definition) is 3. The Labute approximate surface area is 113 Å². The molecule has 110 valence electrons. The fourth-order valence-corrected chi connectivity index (χ4v) is 1.34. The van der Waals surface area contributed by atoms with Gasteiger partial charge < -0.3 is 15.7 Å². The van der Waals surface area contributed by atoms with E-state index in [1.54, 1.807) is 20.8 Å². The minimum absolute atomic E-state index is 0.202. The van der Waals surface area contributed by atoms with Crippen molar-refractivity contribution in [3.8, 4) is 0 Å². The zero-order chi connectivity index (χ0) is 15.1. The van der Waals surface area contributed by atoms with Gasteiger partial charge in [0, 0.05) is 5.41 Å². The van der Waals surface area contributed by atoms with E-state index in [9.17, 15) is 14.4 Å². The second-order valence-electron chi connectivity index (χ2n) is 5.53. The van der Waals surface area contributed by atoms with Crippen molar-refractivity contribution >= 4 is 17.8 Å². The minimum Gasteiger partial charge on any atom is -0.480 e. The lowest BCUT2D eigenvalue weighted by Gasteiger charge is -2.18. The van der Waals surface area contributed by atoms with Crippen LogP contribution in [0.5, 0.6) is 0 Å². The molecule has 6 heteroatoms. The van der Waals surface area contributed by atoms with Gasteiger partial charge in [0.2, 0.25) is 11.8 Å². The predicted molar refractivity (Wildman–Crippen MR) is 71.6 cm³/mol. The summed E-state index contributed by atoms with van der Waals surface area (Å²) in [5.41, 5.74) is -0.575. The number of unbranched alkanes of at least 4 members (excludes halogenated alkanes) is 1. The first-order chi connectivity index (χ1) is 8.68. The molecule has 0 spiro atoms. The van der Waals surface area contributed by atoms with Crippen molar-refractivity contribution in [3.63, 3.8) is 0 Å². The highest BCUT2D eigenvalue weighted by atomic mass is 16.4. The fraction of sp³-hybridized carbons (Fsp3) is 0.769. The first kappa shape index (κ1) is 17.4. The zero-order valence-corrected chi connectivity index (χ0v) is 12.1. The van der Waals surface area contributed by atoms with E-state index in [-0.39, 0.29) is 12.5 Å². The Kier molecular flexibility index (Phi) is 7.11. The average molecular weight is 272 g/mol. The van der Waals surface area contributed by atoms with E-state index in [0.717, 1.165) is 12.8 Å². The van der Waals surface area contributed by atoms with Crippen molar-refractivity contribution in [2.75, 3.05) is 6.54 Å². The monoisotopic (exact) mass is 272 g/mol. The van der Waals surface area contributed by atoms with Gasteiger partial charge in [0.1, 0.15) is 6.04 Å². The number of carbonyl (C=O) groups is 3. The molecule has 0 bridgehead atoms. The van der Waals surface area contributed by atoms with Crippen LogP contribution in [0.15, 0.2) is 0 Å². The van der Waals surface area contributed by atoms with Crippen molar-refractivity contribution in [1.82, 2.24) is 10.6 Å². The summed E-state index contributed by atoms with van der Waals surface area (Å²) < 4.78 is 0. The van der Waals surface area contributed by atoms with Crippen molar-refractivity contribution in [2.45, 2.75) is 53.0 Å². The molecule has 0 aromatic carbocycles. The molecule has 19 heavy (non-hydrogen) atoms. The number of carboxylic acids is 1. The van der Waals surface area contributed by atoms with Crippen LogP contribution in [0.1, 0.15) is 47.0 Å². The molecule has 0 aliphatic rings. The van der Waals surface area contributed by atoms with E-state index >= 15 is 0 Å². The lowest BCUT2D eigenvalue weighted by atomic mass is 9.96. The molecule has 6 nitrogen and oxygen atoms in total. The highest BCUT2D eigenvalue weighted by Crippen LogP contribution is 2.11. The molecule has 0 radical (unpaired) electrons. The Balaban J connectivity index is 4.21. The van der Waals surface area contributed by atoms with E-state index in [2.05, 4.69) is 10.6 Å². The number of nitrogens with one attached hydrogen (secondary N) is 2. The number of rotatable bonds is 7. The summed E-state index contributed by atoms with van der Waals surface area (Å²) in [6, 6.07) is -0.890. The standard InChI is InChI=1S/C13H24N2O4/c1-5-6-7-9(11(17)18)15-10(16)8-14-12(19)13(2,3)4/h9H,5-8H2,1-4H3,(H,14,19)(H,15,16)(H,17,18). The molecule has 1 atom stereocenters. The fourth-order valence-electron chi connectivity index (χ4n) is 1.34. The van der Waals surface area contributed by atoms with Gasteiger partial charge in [-0.2, -0.15) is 0 Å². The Morgan fingerprint density at radius 3 is 2.21 bits per heavy atom. The summed E-state index contributed by atoms with van der Waals surface area (Å²) in [6.07, 6.45) is 1.98. The van der Waals surface area contributed by atoms with Crippen molar-refractivity contribution < 1.29 is 19.5 Å². The lowest BCUT2D eigenvalue weighted by Crippen LogP contribution is -2.47. The maximum Gasteiger partial charge on any atom is 0.326 e. The smallest absolute Gasteiger partial charge is 0.326 e. The molecule has 0 saturated carbocycles. The third kappa shape index (κ3) is 7.43. The highest BCUT2D eigenvalue weighted by Gasteiger charge is 2.23. The summed E-state index contributed by atoms with van der Waals surface area (Å²) in [4.78, 5) is 34.1. The molecule has 0 aromatic heterocycles. The van der Waals surface area contributed by atoms with Crippen LogP contribution in [-0.2, 0) is 14.4 Å². The Morgan fingerprint density at radius 1 is 1.21 bits per heavy atom. The quantitative estimate of drug-likeness (QED) is 0.642. The zero-order valence-electron chi connectivity index (χ0n) is 12.1. The second kappa shape index (κ2) is 7.76. The number of carboxylic acid groups (broad SMARTS) is 1. The first-order valence-corrected chi connectivity index (χ1v) is 6.49. The SMILES string of the molecule is CCCCC(NC(=O)CNC(=O)C(C)(C)C)C(=O)O. The van der Waals surface area contributed by atoms with Crippen LogP contribution in [-0.4, -0.2) is 35.5 Å². The normalized spacial score (nSPS) is 12.6.